The molecule has 1 saturated heterocycles. The maximum atomic E-state index is 13.4. The summed E-state index contributed by atoms with van der Waals surface area (Å²) in [7, 11) is 1.41. The molecule has 172 valence electrons. The van der Waals surface area contributed by atoms with E-state index >= 15 is 0 Å². The monoisotopic (exact) mass is 452 g/mol. The zero-order valence-corrected chi connectivity index (χ0v) is 18.1. The van der Waals surface area contributed by atoms with Gasteiger partial charge in [-0.1, -0.05) is 0 Å². The molecule has 2 aromatic carbocycles. The lowest BCUT2D eigenvalue weighted by atomic mass is 10.0. The van der Waals surface area contributed by atoms with Gasteiger partial charge in [0, 0.05) is 30.8 Å². The molecule has 1 heterocycles. The normalized spacial score (nSPS) is 16.3. The average Bonchev–Trinajstić information content (AvgIpc) is 2.80. The van der Waals surface area contributed by atoms with Gasteiger partial charge in [0.05, 0.1) is 12.8 Å². The van der Waals surface area contributed by atoms with E-state index in [-0.39, 0.29) is 28.9 Å². The van der Waals surface area contributed by atoms with Gasteiger partial charge in [-0.25, -0.2) is 4.39 Å². The Morgan fingerprint density at radius 2 is 1.97 bits per heavy atom. The molecule has 0 aromatic heterocycles. The average molecular weight is 452 g/mol. The molecule has 1 fully saturated rings. The first-order chi connectivity index (χ1) is 15.8. The Morgan fingerprint density at radius 1 is 1.24 bits per heavy atom. The Labute approximate surface area is 190 Å². The lowest BCUT2D eigenvalue weighted by molar-refractivity contribution is -0.114. The molecule has 3 rings (SSSR count). The number of piperidine rings is 1. The summed E-state index contributed by atoms with van der Waals surface area (Å²) in [6.45, 7) is 1.13. The molecule has 10 heteroatoms. The van der Waals surface area contributed by atoms with Crippen LogP contribution in [0.15, 0.2) is 53.9 Å². The minimum atomic E-state index is -0.839. The first-order valence-electron chi connectivity index (χ1n) is 10.2. The molecular formula is C23H25FN6O3. The lowest BCUT2D eigenvalue weighted by Crippen LogP contribution is -2.46. The van der Waals surface area contributed by atoms with Crippen molar-refractivity contribution >= 4 is 11.6 Å². The molecule has 33 heavy (non-hydrogen) atoms. The molecule has 1 aliphatic heterocycles. The molecule has 0 aliphatic carbocycles. The summed E-state index contributed by atoms with van der Waals surface area (Å²) in [4.78, 5) is 13.7. The van der Waals surface area contributed by atoms with Crippen LogP contribution < -0.4 is 26.3 Å². The number of nitriles is 1. The highest BCUT2D eigenvalue weighted by Gasteiger charge is 2.23. The number of methoxy groups -OCH3 is 1. The molecule has 1 aliphatic rings. The van der Waals surface area contributed by atoms with Crippen molar-refractivity contribution in [1.82, 2.24) is 10.2 Å². The quantitative estimate of drug-likeness (QED) is 0.272. The third-order valence-electron chi connectivity index (χ3n) is 5.18. The number of nitrogens with zero attached hydrogens (tertiary/aromatic N) is 2. The van der Waals surface area contributed by atoms with Crippen molar-refractivity contribution < 1.29 is 18.7 Å². The molecule has 0 spiro atoms. The molecule has 6 N–H and O–H groups in total. The first-order valence-corrected chi connectivity index (χ1v) is 10.2. The van der Waals surface area contributed by atoms with Crippen LogP contribution in [-0.4, -0.2) is 42.8 Å². The van der Waals surface area contributed by atoms with E-state index in [0.717, 1.165) is 12.8 Å². The second-order valence-corrected chi connectivity index (χ2v) is 7.48. The van der Waals surface area contributed by atoms with E-state index in [4.69, 9.17) is 31.6 Å². The van der Waals surface area contributed by atoms with E-state index in [2.05, 4.69) is 11.5 Å². The molecule has 1 unspecified atom stereocenters. The Kier molecular flexibility index (Phi) is 7.35. The summed E-state index contributed by atoms with van der Waals surface area (Å²) in [5.74, 6) is -0.309. The Morgan fingerprint density at radius 3 is 2.61 bits per heavy atom. The molecule has 0 bridgehead atoms. The summed E-state index contributed by atoms with van der Waals surface area (Å²) in [5.41, 5.74) is 11.7. The molecule has 1 atom stereocenters. The second kappa shape index (κ2) is 10.4. The number of amides is 1. The number of benzene rings is 2. The number of carbonyl (C=O) groups is 1. The van der Waals surface area contributed by atoms with E-state index in [1.54, 1.807) is 29.2 Å². The van der Waals surface area contributed by atoms with Crippen LogP contribution in [0.2, 0.25) is 0 Å². The molecule has 0 saturated carbocycles. The first kappa shape index (κ1) is 23.4. The smallest absolute Gasteiger partial charge is 0.254 e. The van der Waals surface area contributed by atoms with Gasteiger partial charge in [0.2, 0.25) is 0 Å². The van der Waals surface area contributed by atoms with E-state index in [0.29, 0.717) is 30.2 Å². The van der Waals surface area contributed by atoms with Crippen molar-refractivity contribution in [2.75, 3.05) is 20.2 Å². The van der Waals surface area contributed by atoms with Crippen LogP contribution in [0, 0.1) is 22.7 Å². The zero-order chi connectivity index (χ0) is 24.0. The van der Waals surface area contributed by atoms with Gasteiger partial charge in [0.25, 0.3) is 5.91 Å². The highest BCUT2D eigenvalue weighted by Crippen LogP contribution is 2.32. The van der Waals surface area contributed by atoms with Crippen molar-refractivity contribution in [3.63, 3.8) is 0 Å². The van der Waals surface area contributed by atoms with E-state index in [1.807, 2.05) is 0 Å². The van der Waals surface area contributed by atoms with E-state index in [9.17, 15) is 9.18 Å². The molecule has 0 radical (unpaired) electrons. The van der Waals surface area contributed by atoms with Crippen LogP contribution in [0.25, 0.3) is 0 Å². The summed E-state index contributed by atoms with van der Waals surface area (Å²) >= 11 is 0. The van der Waals surface area contributed by atoms with Crippen LogP contribution in [0.1, 0.15) is 18.4 Å². The van der Waals surface area contributed by atoms with Crippen LogP contribution in [0.3, 0.4) is 0 Å². The topological polar surface area (TPSA) is 150 Å². The number of rotatable bonds is 8. The lowest BCUT2D eigenvalue weighted by Gasteiger charge is -2.30. The summed E-state index contributed by atoms with van der Waals surface area (Å²) in [6.07, 6.45) is 3.69. The van der Waals surface area contributed by atoms with Gasteiger partial charge in [-0.05, 0) is 49.2 Å². The van der Waals surface area contributed by atoms with Crippen LogP contribution in [-0.2, 0) is 4.79 Å². The van der Waals surface area contributed by atoms with Gasteiger partial charge in [-0.2, -0.15) is 5.26 Å². The number of likely N-dealkylation sites (tertiary alicyclic amines) is 1. The molecule has 9 nitrogen and oxygen atoms in total. The van der Waals surface area contributed by atoms with Crippen molar-refractivity contribution in [2.45, 2.75) is 18.9 Å². The minimum absolute atomic E-state index is 0.00587. The van der Waals surface area contributed by atoms with E-state index < -0.39 is 11.7 Å². The highest BCUT2D eigenvalue weighted by atomic mass is 19.1. The highest BCUT2D eigenvalue weighted by molar-refractivity contribution is 6.26. The van der Waals surface area contributed by atoms with Crippen molar-refractivity contribution in [3.8, 4) is 23.4 Å². The van der Waals surface area contributed by atoms with Crippen LogP contribution in [0.4, 0.5) is 4.39 Å². The van der Waals surface area contributed by atoms with Crippen molar-refractivity contribution in [3.05, 3.63) is 65.2 Å². The van der Waals surface area contributed by atoms with Crippen LogP contribution in [0.5, 0.6) is 17.2 Å². The number of halogens is 1. The van der Waals surface area contributed by atoms with Gasteiger partial charge in [-0.3, -0.25) is 10.2 Å². The summed E-state index contributed by atoms with van der Waals surface area (Å²) < 4.78 is 24.2. The predicted octanol–water partition coefficient (Wildman–Crippen LogP) is 2.19. The summed E-state index contributed by atoms with van der Waals surface area (Å²) in [6, 6.07) is 10.1. The third kappa shape index (κ3) is 5.71. The van der Waals surface area contributed by atoms with Gasteiger partial charge < -0.3 is 31.2 Å². The maximum absolute atomic E-state index is 13.4. The SMILES string of the molecule is COc1cc(F)ccc1Oc1ccc(C(=N)/C(C(N)=O)=C(/N)NC2CCCN(C#N)C2)cc1. The molecule has 1 amide bonds. The molecule has 2 aromatic rings. The number of primary amides is 1. The number of ether oxygens (including phenoxy) is 2. The Hall–Kier alpha value is -4.26. The van der Waals surface area contributed by atoms with Gasteiger partial charge in [-0.15, -0.1) is 0 Å². The van der Waals surface area contributed by atoms with Gasteiger partial charge in [0.1, 0.15) is 23.0 Å². The van der Waals surface area contributed by atoms with Gasteiger partial charge in [0.15, 0.2) is 17.7 Å². The standard InChI is InChI=1S/C23H25FN6O3/c1-32-19-11-15(24)6-9-18(19)33-17-7-4-14(5-8-17)21(26)20(23(28)31)22(27)29-16-3-2-10-30(12-16)13-25/h4-9,11,16,26,29H,2-3,10,12,27H2,1H3,(H2,28,31)/b22-20+,26-21?. The summed E-state index contributed by atoms with van der Waals surface area (Å²) in [5, 5.41) is 20.6. The number of hydrogen-bond donors (Lipinski definition) is 4. The molecular weight excluding hydrogens is 427 g/mol. The number of hydrogen-bond acceptors (Lipinski definition) is 8. The predicted molar refractivity (Wildman–Crippen MR) is 120 cm³/mol. The third-order valence-corrected chi connectivity index (χ3v) is 5.18. The number of nitrogens with two attached hydrogens (primary N) is 2. The Bertz CT molecular complexity index is 1110. The number of nitrogens with one attached hydrogen (secondary N) is 2. The van der Waals surface area contributed by atoms with Crippen molar-refractivity contribution in [1.29, 1.82) is 10.7 Å². The second-order valence-electron chi connectivity index (χ2n) is 7.48. The minimum Gasteiger partial charge on any atom is -0.493 e. The van der Waals surface area contributed by atoms with Crippen LogP contribution >= 0.6 is 0 Å². The fourth-order valence-electron chi connectivity index (χ4n) is 3.56. The zero-order valence-electron chi connectivity index (χ0n) is 18.1. The fraction of sp³-hybridized carbons (Fsp3) is 0.261. The number of carbonyl (C=O) groups excluding carboxylic acids is 1. The van der Waals surface area contributed by atoms with E-state index in [1.165, 1.54) is 25.3 Å². The Balaban J connectivity index is 1.77. The largest absolute Gasteiger partial charge is 0.493 e. The van der Waals surface area contributed by atoms with Gasteiger partial charge >= 0.3 is 0 Å². The van der Waals surface area contributed by atoms with Crippen molar-refractivity contribution in [2.24, 2.45) is 11.5 Å². The maximum Gasteiger partial charge on any atom is 0.254 e. The fourth-order valence-corrected chi connectivity index (χ4v) is 3.56.